The molecule has 6 nitrogen and oxygen atoms in total. The molecule has 0 radical (unpaired) electrons. The standard InChI is InChI=1S/C27H34N4O2/c1-5-30-24(28-31(26(30)33)19-20-9-7-6-8-10-20)21-15-17-29(18-16-21)25(32)22-11-13-23(14-12-22)27(2,3)4/h6-14,21H,5,15-19H2,1-4H3. The fourth-order valence-electron chi connectivity index (χ4n) is 4.55. The fraction of sp³-hybridized carbons (Fsp3) is 0.444. The molecule has 2 aromatic carbocycles. The van der Waals surface area contributed by atoms with Gasteiger partial charge in [-0.1, -0.05) is 63.2 Å². The average Bonchev–Trinajstić information content (AvgIpc) is 3.14. The van der Waals surface area contributed by atoms with Crippen molar-refractivity contribution in [3.63, 3.8) is 0 Å². The van der Waals surface area contributed by atoms with Crippen LogP contribution in [0.3, 0.4) is 0 Å². The van der Waals surface area contributed by atoms with Crippen molar-refractivity contribution in [3.05, 3.63) is 87.6 Å². The van der Waals surface area contributed by atoms with Gasteiger partial charge in [0.1, 0.15) is 5.82 Å². The molecule has 1 aliphatic rings. The minimum absolute atomic E-state index is 0.0613. The van der Waals surface area contributed by atoms with Crippen LogP contribution >= 0.6 is 0 Å². The van der Waals surface area contributed by atoms with Crippen molar-refractivity contribution in [2.24, 2.45) is 0 Å². The molecular formula is C27H34N4O2. The third-order valence-electron chi connectivity index (χ3n) is 6.59. The summed E-state index contributed by atoms with van der Waals surface area (Å²) in [5.74, 6) is 1.11. The van der Waals surface area contributed by atoms with Crippen molar-refractivity contribution >= 4 is 5.91 Å². The van der Waals surface area contributed by atoms with E-state index in [4.69, 9.17) is 5.10 Å². The first-order chi connectivity index (χ1) is 15.8. The lowest BCUT2D eigenvalue weighted by Crippen LogP contribution is -2.38. The Morgan fingerprint density at radius 1 is 1.00 bits per heavy atom. The highest BCUT2D eigenvalue weighted by atomic mass is 16.2. The smallest absolute Gasteiger partial charge is 0.339 e. The summed E-state index contributed by atoms with van der Waals surface area (Å²) in [5.41, 5.74) is 3.03. The molecule has 1 saturated heterocycles. The number of hydrogen-bond acceptors (Lipinski definition) is 3. The van der Waals surface area contributed by atoms with Gasteiger partial charge in [0.15, 0.2) is 0 Å². The Bertz CT molecular complexity index is 1150. The Hall–Kier alpha value is -3.15. The molecule has 174 valence electrons. The molecule has 0 unspecified atom stereocenters. The van der Waals surface area contributed by atoms with Crippen molar-refractivity contribution in [2.75, 3.05) is 13.1 Å². The van der Waals surface area contributed by atoms with Gasteiger partial charge < -0.3 is 4.90 Å². The number of hydrogen-bond donors (Lipinski definition) is 0. The molecule has 33 heavy (non-hydrogen) atoms. The van der Waals surface area contributed by atoms with Gasteiger partial charge in [-0.05, 0) is 48.4 Å². The van der Waals surface area contributed by atoms with Crippen LogP contribution in [0.5, 0.6) is 0 Å². The summed E-state index contributed by atoms with van der Waals surface area (Å²) in [5, 5.41) is 4.72. The van der Waals surface area contributed by atoms with E-state index in [2.05, 4.69) is 32.9 Å². The van der Waals surface area contributed by atoms with Gasteiger partial charge in [0.25, 0.3) is 5.91 Å². The van der Waals surface area contributed by atoms with Crippen molar-refractivity contribution in [1.29, 1.82) is 0 Å². The minimum Gasteiger partial charge on any atom is -0.339 e. The molecule has 3 aromatic rings. The molecular weight excluding hydrogens is 412 g/mol. The highest BCUT2D eigenvalue weighted by molar-refractivity contribution is 5.94. The van der Waals surface area contributed by atoms with Crippen LogP contribution in [0.1, 0.15) is 73.8 Å². The number of aromatic nitrogens is 3. The molecule has 0 saturated carbocycles. The molecule has 0 bridgehead atoms. The Labute approximate surface area is 195 Å². The van der Waals surface area contributed by atoms with Gasteiger partial charge in [0, 0.05) is 31.1 Å². The van der Waals surface area contributed by atoms with Gasteiger partial charge in [-0.15, -0.1) is 0 Å². The summed E-state index contributed by atoms with van der Waals surface area (Å²) in [4.78, 5) is 27.9. The normalized spacial score (nSPS) is 15.1. The van der Waals surface area contributed by atoms with Crippen LogP contribution in [0.2, 0.25) is 0 Å². The van der Waals surface area contributed by atoms with E-state index >= 15 is 0 Å². The zero-order valence-corrected chi connectivity index (χ0v) is 20.1. The molecule has 0 aliphatic carbocycles. The van der Waals surface area contributed by atoms with Crippen LogP contribution < -0.4 is 5.69 Å². The SMILES string of the molecule is CCn1c(C2CCN(C(=O)c3ccc(C(C)(C)C)cc3)CC2)nn(Cc2ccccc2)c1=O. The topological polar surface area (TPSA) is 60.1 Å². The van der Waals surface area contributed by atoms with Crippen LogP contribution in [0.25, 0.3) is 0 Å². The van der Waals surface area contributed by atoms with Gasteiger partial charge in [0.2, 0.25) is 0 Å². The Morgan fingerprint density at radius 3 is 2.21 bits per heavy atom. The lowest BCUT2D eigenvalue weighted by atomic mass is 9.86. The van der Waals surface area contributed by atoms with Gasteiger partial charge in [-0.3, -0.25) is 9.36 Å². The lowest BCUT2D eigenvalue weighted by Gasteiger charge is -2.31. The molecule has 0 atom stereocenters. The van der Waals surface area contributed by atoms with E-state index in [-0.39, 0.29) is 22.9 Å². The third-order valence-corrected chi connectivity index (χ3v) is 6.59. The van der Waals surface area contributed by atoms with Crippen LogP contribution in [-0.4, -0.2) is 38.2 Å². The molecule has 0 spiro atoms. The molecule has 0 N–H and O–H groups in total. The summed E-state index contributed by atoms with van der Waals surface area (Å²) in [6.07, 6.45) is 1.63. The maximum absolute atomic E-state index is 13.0. The van der Waals surface area contributed by atoms with E-state index in [1.807, 2.05) is 54.3 Å². The Morgan fingerprint density at radius 2 is 1.64 bits per heavy atom. The lowest BCUT2D eigenvalue weighted by molar-refractivity contribution is 0.0710. The third kappa shape index (κ3) is 4.95. The first kappa shape index (κ1) is 23.0. The van der Waals surface area contributed by atoms with Crippen LogP contribution in [0.15, 0.2) is 59.4 Å². The van der Waals surface area contributed by atoms with Crippen molar-refractivity contribution in [1.82, 2.24) is 19.2 Å². The largest absolute Gasteiger partial charge is 0.346 e. The highest BCUT2D eigenvalue weighted by Crippen LogP contribution is 2.28. The molecule has 1 fully saturated rings. The number of benzene rings is 2. The molecule has 2 heterocycles. The Kier molecular flexibility index (Phi) is 6.54. The minimum atomic E-state index is -0.0613. The highest BCUT2D eigenvalue weighted by Gasteiger charge is 2.29. The maximum Gasteiger partial charge on any atom is 0.346 e. The summed E-state index contributed by atoms with van der Waals surface area (Å²) < 4.78 is 3.36. The second-order valence-corrected chi connectivity index (χ2v) is 9.92. The number of rotatable bonds is 5. The molecule has 1 aliphatic heterocycles. The van der Waals surface area contributed by atoms with Gasteiger partial charge >= 0.3 is 5.69 Å². The molecule has 6 heteroatoms. The number of amides is 1. The van der Waals surface area contributed by atoms with Crippen molar-refractivity contribution in [3.8, 4) is 0 Å². The fourth-order valence-corrected chi connectivity index (χ4v) is 4.55. The molecule has 4 rings (SSSR count). The summed E-state index contributed by atoms with van der Waals surface area (Å²) in [6, 6.07) is 17.9. The summed E-state index contributed by atoms with van der Waals surface area (Å²) in [6.45, 7) is 10.9. The van der Waals surface area contributed by atoms with Crippen LogP contribution in [-0.2, 0) is 18.5 Å². The second kappa shape index (κ2) is 9.38. The van der Waals surface area contributed by atoms with Gasteiger partial charge in [0.05, 0.1) is 6.54 Å². The average molecular weight is 447 g/mol. The van der Waals surface area contributed by atoms with E-state index in [9.17, 15) is 9.59 Å². The number of likely N-dealkylation sites (tertiary alicyclic amines) is 1. The number of carbonyl (C=O) groups is 1. The number of piperidine rings is 1. The van der Waals surface area contributed by atoms with E-state index in [0.29, 0.717) is 26.2 Å². The number of nitrogens with zero attached hydrogens (tertiary/aromatic N) is 4. The Balaban J connectivity index is 1.45. The monoisotopic (exact) mass is 446 g/mol. The first-order valence-corrected chi connectivity index (χ1v) is 11.9. The summed E-state index contributed by atoms with van der Waals surface area (Å²) in [7, 11) is 0. The van der Waals surface area contributed by atoms with Crippen LogP contribution in [0.4, 0.5) is 0 Å². The van der Waals surface area contributed by atoms with E-state index < -0.39 is 0 Å². The van der Waals surface area contributed by atoms with E-state index in [1.54, 1.807) is 9.25 Å². The van der Waals surface area contributed by atoms with Gasteiger partial charge in [-0.2, -0.15) is 5.10 Å². The van der Waals surface area contributed by atoms with E-state index in [1.165, 1.54) is 5.56 Å². The predicted octanol–water partition coefficient (Wildman–Crippen LogP) is 4.43. The zero-order chi connectivity index (χ0) is 23.6. The first-order valence-electron chi connectivity index (χ1n) is 11.9. The van der Waals surface area contributed by atoms with Gasteiger partial charge in [-0.25, -0.2) is 9.48 Å². The zero-order valence-electron chi connectivity index (χ0n) is 20.1. The second-order valence-electron chi connectivity index (χ2n) is 9.92. The maximum atomic E-state index is 13.0. The van der Waals surface area contributed by atoms with Crippen molar-refractivity contribution in [2.45, 2.75) is 65.0 Å². The van der Waals surface area contributed by atoms with Crippen molar-refractivity contribution < 1.29 is 4.79 Å². The quantitative estimate of drug-likeness (QED) is 0.583. The number of carbonyl (C=O) groups excluding carboxylic acids is 1. The predicted molar refractivity (Wildman–Crippen MR) is 131 cm³/mol. The van der Waals surface area contributed by atoms with E-state index in [0.717, 1.165) is 29.8 Å². The summed E-state index contributed by atoms with van der Waals surface area (Å²) >= 11 is 0. The molecule has 1 amide bonds. The molecule has 1 aromatic heterocycles. The van der Waals surface area contributed by atoms with Crippen LogP contribution in [0, 0.1) is 0 Å².